The Bertz CT molecular complexity index is 1910. The number of hydrogen-bond donors (Lipinski definition) is 1. The van der Waals surface area contributed by atoms with E-state index in [1.165, 1.54) is 83.1 Å². The van der Waals surface area contributed by atoms with Gasteiger partial charge in [0, 0.05) is 54.8 Å². The molecule has 4 heterocycles. The summed E-state index contributed by atoms with van der Waals surface area (Å²) in [7, 11) is 0. The quantitative estimate of drug-likeness (QED) is 0.0891. The molecule has 0 radical (unpaired) electrons. The van der Waals surface area contributed by atoms with Gasteiger partial charge in [0.15, 0.2) is 0 Å². The summed E-state index contributed by atoms with van der Waals surface area (Å²) in [6.07, 6.45) is 26.3. The number of carbonyl (C=O) groups is 1. The Balaban J connectivity index is 0.978. The van der Waals surface area contributed by atoms with Crippen LogP contribution in [0.25, 0.3) is 22.3 Å². The minimum absolute atomic E-state index is 0.0120. The first-order chi connectivity index (χ1) is 27.1. The van der Waals surface area contributed by atoms with Crippen molar-refractivity contribution in [2.45, 2.75) is 149 Å². The highest BCUT2D eigenvalue weighted by Crippen LogP contribution is 2.38. The lowest BCUT2D eigenvalue weighted by Crippen LogP contribution is -2.63. The number of nitriles is 1. The highest BCUT2D eigenvalue weighted by molar-refractivity contribution is 5.95. The summed E-state index contributed by atoms with van der Waals surface area (Å²) in [5.74, 6) is -0.473. The van der Waals surface area contributed by atoms with Crippen LogP contribution in [0, 0.1) is 28.5 Å². The second-order valence-corrected chi connectivity index (χ2v) is 17.7. The summed E-state index contributed by atoms with van der Waals surface area (Å²) >= 11 is 0. The van der Waals surface area contributed by atoms with E-state index in [0.717, 1.165) is 48.2 Å². The fourth-order valence-electron chi connectivity index (χ4n) is 8.56. The summed E-state index contributed by atoms with van der Waals surface area (Å²) in [5, 5.41) is 18.5. The molecule has 10 nitrogen and oxygen atoms in total. The number of amides is 1. The Kier molecular flexibility index (Phi) is 14.2. The van der Waals surface area contributed by atoms with E-state index >= 15 is 4.39 Å². The van der Waals surface area contributed by atoms with E-state index in [4.69, 9.17) is 9.84 Å². The first-order valence-electron chi connectivity index (χ1n) is 21.2. The van der Waals surface area contributed by atoms with E-state index in [9.17, 15) is 10.1 Å². The number of hydrogen-bond acceptors (Lipinski definition) is 7. The molecule has 11 heteroatoms. The highest BCUT2D eigenvalue weighted by Gasteiger charge is 2.46. The van der Waals surface area contributed by atoms with Gasteiger partial charge in [-0.25, -0.2) is 14.4 Å². The van der Waals surface area contributed by atoms with Crippen molar-refractivity contribution in [2.75, 3.05) is 24.6 Å². The smallest absolute Gasteiger partial charge is 0.254 e. The lowest BCUT2D eigenvalue weighted by molar-refractivity contribution is 0.0763. The number of fused-ring (bicyclic) bond motifs is 1. The van der Waals surface area contributed by atoms with Crippen LogP contribution in [0.2, 0.25) is 0 Å². The molecule has 1 aliphatic carbocycles. The van der Waals surface area contributed by atoms with Crippen molar-refractivity contribution in [3.63, 3.8) is 0 Å². The zero-order valence-electron chi connectivity index (χ0n) is 34.2. The number of unbranched alkanes of at least 4 members (excludes halogenated alkanes) is 8. The van der Waals surface area contributed by atoms with Crippen LogP contribution in [-0.4, -0.2) is 56.0 Å². The summed E-state index contributed by atoms with van der Waals surface area (Å²) in [6.45, 7) is 11.1. The molecular weight excluding hydrogens is 704 g/mol. The normalized spacial score (nSPS) is 16.5. The maximum Gasteiger partial charge on any atom is 0.254 e. The maximum atomic E-state index is 15.3. The van der Waals surface area contributed by atoms with Crippen LogP contribution in [0.4, 0.5) is 10.1 Å². The average Bonchev–Trinajstić information content (AvgIpc) is 3.83. The molecule has 1 saturated carbocycles. The van der Waals surface area contributed by atoms with Crippen molar-refractivity contribution in [3.05, 3.63) is 60.6 Å². The number of anilines is 1. The second-order valence-electron chi connectivity index (χ2n) is 17.7. The number of benzene rings is 1. The van der Waals surface area contributed by atoms with Crippen LogP contribution >= 0.6 is 0 Å². The van der Waals surface area contributed by atoms with Crippen LogP contribution in [0.3, 0.4) is 0 Å². The molecule has 4 aromatic rings. The monoisotopic (exact) mass is 767 g/mol. The van der Waals surface area contributed by atoms with Gasteiger partial charge in [-0.1, -0.05) is 91.4 Å². The number of carbonyl (C=O) groups excluding carboxylic acids is 1. The number of halogens is 1. The number of nitrogens with zero attached hydrogens (tertiary/aromatic N) is 7. The summed E-state index contributed by atoms with van der Waals surface area (Å²) in [4.78, 5) is 24.2. The van der Waals surface area contributed by atoms with Gasteiger partial charge in [0.1, 0.15) is 30.1 Å². The third-order valence-electron chi connectivity index (χ3n) is 12.0. The fourth-order valence-corrected chi connectivity index (χ4v) is 8.56. The molecule has 0 spiro atoms. The summed E-state index contributed by atoms with van der Waals surface area (Å²) < 4.78 is 25.2. The van der Waals surface area contributed by atoms with E-state index in [1.54, 1.807) is 24.7 Å². The van der Waals surface area contributed by atoms with Crippen LogP contribution in [0.5, 0.6) is 0 Å². The lowest BCUT2D eigenvalue weighted by atomic mass is 9.84. The number of rotatable bonds is 20. The van der Waals surface area contributed by atoms with E-state index in [2.05, 4.69) is 42.1 Å². The topological polar surface area (TPSA) is 114 Å². The van der Waals surface area contributed by atoms with Crippen molar-refractivity contribution >= 4 is 22.6 Å². The molecule has 1 aromatic carbocycles. The summed E-state index contributed by atoms with van der Waals surface area (Å²) in [6, 6.07) is 9.15. The molecule has 6 rings (SSSR count). The summed E-state index contributed by atoms with van der Waals surface area (Å²) in [5.41, 5.74) is 3.02. The first kappa shape index (κ1) is 41.3. The molecule has 1 aliphatic heterocycles. The molecular formula is C45H63FN8O2. The molecule has 3 aromatic heterocycles. The van der Waals surface area contributed by atoms with Gasteiger partial charge in [-0.2, -0.15) is 10.4 Å². The first-order valence-corrected chi connectivity index (χ1v) is 21.2. The molecule has 1 amide bonds. The van der Waals surface area contributed by atoms with Crippen LogP contribution < -0.4 is 10.2 Å². The molecule has 0 bridgehead atoms. The maximum absolute atomic E-state index is 15.3. The third kappa shape index (κ3) is 10.6. The van der Waals surface area contributed by atoms with E-state index in [0.29, 0.717) is 36.8 Å². The Labute approximate surface area is 333 Å². The van der Waals surface area contributed by atoms with Gasteiger partial charge >= 0.3 is 0 Å². The van der Waals surface area contributed by atoms with Gasteiger partial charge in [0.05, 0.1) is 29.9 Å². The standard InChI is InChI=1S/C45H63FN8O2/c1-34(35-17-13-12-14-18-35)51-43(55)38-20-19-37(27-40(38)46)53-30-45(31-53,23-24-47)54-29-36(28-50-54)41-39-21-25-52(42(39)49-32-48-41)33-56-26-16-11-9-7-5-6-8-10-15-22-44(2,3)4/h19-21,25,27-29,32,34-35H,5-18,22-23,26,30-31,33H2,1-4H3,(H,51,55)/t34-/m0/s1. The van der Waals surface area contributed by atoms with Gasteiger partial charge in [0.2, 0.25) is 0 Å². The Hall–Kier alpha value is -4.30. The number of ether oxygens (including phenoxy) is 1. The molecule has 302 valence electrons. The van der Waals surface area contributed by atoms with Crippen molar-refractivity contribution in [1.82, 2.24) is 29.6 Å². The molecule has 2 fully saturated rings. The minimum Gasteiger partial charge on any atom is -0.366 e. The van der Waals surface area contributed by atoms with E-state index < -0.39 is 11.4 Å². The largest absolute Gasteiger partial charge is 0.366 e. The molecule has 56 heavy (non-hydrogen) atoms. The van der Waals surface area contributed by atoms with Crippen LogP contribution in [0.1, 0.15) is 141 Å². The van der Waals surface area contributed by atoms with Crippen LogP contribution in [-0.2, 0) is 17.0 Å². The second kappa shape index (κ2) is 19.2. The lowest BCUT2D eigenvalue weighted by Gasteiger charge is -2.50. The third-order valence-corrected chi connectivity index (χ3v) is 12.0. The Morgan fingerprint density at radius 3 is 2.43 bits per heavy atom. The van der Waals surface area contributed by atoms with Crippen molar-refractivity contribution < 1.29 is 13.9 Å². The molecule has 1 atom stereocenters. The fraction of sp³-hybridized carbons (Fsp3) is 0.622. The Morgan fingerprint density at radius 2 is 1.73 bits per heavy atom. The SMILES string of the molecule is C[C@H](NC(=O)c1ccc(N2CC(CC#N)(n3cc(-c4ncnc5c4ccn5COCCCCCCCCCCCC(C)(C)C)cn3)C2)cc1F)C1CCCCC1. The molecule has 1 N–H and O–H groups in total. The molecule has 0 unspecified atom stereocenters. The van der Waals surface area contributed by atoms with Gasteiger partial charge in [0.25, 0.3) is 5.91 Å². The van der Waals surface area contributed by atoms with Gasteiger partial charge < -0.3 is 19.5 Å². The Morgan fingerprint density at radius 1 is 1.02 bits per heavy atom. The van der Waals surface area contributed by atoms with Gasteiger partial charge in [-0.05, 0) is 68.2 Å². The highest BCUT2D eigenvalue weighted by atomic mass is 19.1. The molecule has 2 aliphatic rings. The predicted molar refractivity (Wildman–Crippen MR) is 221 cm³/mol. The van der Waals surface area contributed by atoms with Crippen molar-refractivity contribution in [1.29, 1.82) is 5.26 Å². The van der Waals surface area contributed by atoms with Gasteiger partial charge in [-0.15, -0.1) is 0 Å². The van der Waals surface area contributed by atoms with Crippen molar-refractivity contribution in [2.24, 2.45) is 11.3 Å². The zero-order valence-corrected chi connectivity index (χ0v) is 34.2. The van der Waals surface area contributed by atoms with E-state index in [-0.39, 0.29) is 23.9 Å². The predicted octanol–water partition coefficient (Wildman–Crippen LogP) is 10.2. The van der Waals surface area contributed by atoms with Gasteiger partial charge in [-0.3, -0.25) is 9.48 Å². The molecule has 1 saturated heterocycles. The van der Waals surface area contributed by atoms with E-state index in [1.807, 2.05) is 39.5 Å². The number of aromatic nitrogens is 5. The zero-order chi connectivity index (χ0) is 39.5. The number of nitrogens with one attached hydrogen (secondary N) is 1. The van der Waals surface area contributed by atoms with Crippen LogP contribution in [0.15, 0.2) is 49.2 Å². The minimum atomic E-state index is -0.577. The van der Waals surface area contributed by atoms with Crippen molar-refractivity contribution in [3.8, 4) is 17.3 Å². The average molecular weight is 767 g/mol.